The van der Waals surface area contributed by atoms with Crippen molar-refractivity contribution < 1.29 is 4.79 Å². The van der Waals surface area contributed by atoms with E-state index in [4.69, 9.17) is 0 Å². The van der Waals surface area contributed by atoms with E-state index in [1.54, 1.807) is 4.68 Å². The highest BCUT2D eigenvalue weighted by molar-refractivity contribution is 5.83. The minimum atomic E-state index is 0.325. The zero-order valence-corrected chi connectivity index (χ0v) is 10.7. The standard InChI is InChI=1S/C13H21N3O/c1-15(8-11-7-14-16(2)9-11)10-13(17)12-5-3-4-6-12/h7,9,12H,3-6,8,10H2,1-2H3. The Bertz CT molecular complexity index is 380. The molecule has 2 rings (SSSR count). The summed E-state index contributed by atoms with van der Waals surface area (Å²) in [5.74, 6) is 0.736. The molecule has 4 heteroatoms. The Hall–Kier alpha value is -1.16. The normalized spacial score (nSPS) is 16.9. The fraction of sp³-hybridized carbons (Fsp3) is 0.692. The molecule has 1 fully saturated rings. The maximum atomic E-state index is 12.0. The first-order valence-electron chi connectivity index (χ1n) is 6.34. The van der Waals surface area contributed by atoms with E-state index in [0.29, 0.717) is 18.2 Å². The van der Waals surface area contributed by atoms with Crippen LogP contribution in [0.15, 0.2) is 12.4 Å². The summed E-state index contributed by atoms with van der Waals surface area (Å²) >= 11 is 0. The molecule has 17 heavy (non-hydrogen) atoms. The first kappa shape index (κ1) is 12.3. The number of aromatic nitrogens is 2. The number of nitrogens with zero attached hydrogens (tertiary/aromatic N) is 3. The van der Waals surface area contributed by atoms with Crippen LogP contribution in [0.4, 0.5) is 0 Å². The van der Waals surface area contributed by atoms with Crippen LogP contribution >= 0.6 is 0 Å². The van der Waals surface area contributed by atoms with Crippen molar-refractivity contribution >= 4 is 5.78 Å². The van der Waals surface area contributed by atoms with Crippen LogP contribution in [-0.4, -0.2) is 34.1 Å². The van der Waals surface area contributed by atoms with Gasteiger partial charge in [0.1, 0.15) is 5.78 Å². The average molecular weight is 235 g/mol. The molecule has 0 amide bonds. The quantitative estimate of drug-likeness (QED) is 0.778. The van der Waals surface area contributed by atoms with Gasteiger partial charge in [0.2, 0.25) is 0 Å². The molecule has 94 valence electrons. The van der Waals surface area contributed by atoms with Crippen LogP contribution in [0.25, 0.3) is 0 Å². The Balaban J connectivity index is 1.80. The Morgan fingerprint density at radius 2 is 2.24 bits per heavy atom. The summed E-state index contributed by atoms with van der Waals surface area (Å²) in [6, 6.07) is 0. The Labute approximate surface area is 103 Å². The van der Waals surface area contributed by atoms with Crippen molar-refractivity contribution in [3.63, 3.8) is 0 Å². The molecule has 0 bridgehead atoms. The van der Waals surface area contributed by atoms with Gasteiger partial charge in [-0.15, -0.1) is 0 Å². The number of likely N-dealkylation sites (N-methyl/N-ethyl adjacent to an activating group) is 1. The van der Waals surface area contributed by atoms with E-state index in [9.17, 15) is 4.79 Å². The van der Waals surface area contributed by atoms with Crippen LogP contribution in [-0.2, 0) is 18.4 Å². The van der Waals surface area contributed by atoms with Gasteiger partial charge in [-0.05, 0) is 19.9 Å². The van der Waals surface area contributed by atoms with Gasteiger partial charge in [0.15, 0.2) is 0 Å². The molecule has 1 aliphatic carbocycles. The molecule has 0 radical (unpaired) electrons. The number of ketones is 1. The molecule has 0 atom stereocenters. The largest absolute Gasteiger partial charge is 0.298 e. The number of Topliss-reactive ketones (excluding diaryl/α,β-unsaturated/α-hetero) is 1. The molecule has 0 aliphatic heterocycles. The highest BCUT2D eigenvalue weighted by Crippen LogP contribution is 2.25. The first-order valence-corrected chi connectivity index (χ1v) is 6.34. The Morgan fingerprint density at radius 1 is 1.53 bits per heavy atom. The van der Waals surface area contributed by atoms with Crippen molar-refractivity contribution in [3.8, 4) is 0 Å². The van der Waals surface area contributed by atoms with Crippen molar-refractivity contribution in [1.29, 1.82) is 0 Å². The van der Waals surface area contributed by atoms with Crippen LogP contribution in [0.5, 0.6) is 0 Å². The van der Waals surface area contributed by atoms with Gasteiger partial charge >= 0.3 is 0 Å². The topological polar surface area (TPSA) is 38.1 Å². The Kier molecular flexibility index (Phi) is 3.94. The molecule has 0 N–H and O–H groups in total. The van der Waals surface area contributed by atoms with Gasteiger partial charge in [-0.2, -0.15) is 5.10 Å². The van der Waals surface area contributed by atoms with Crippen LogP contribution < -0.4 is 0 Å². The van der Waals surface area contributed by atoms with Gasteiger partial charge in [0.05, 0.1) is 12.7 Å². The predicted octanol–water partition coefficient (Wildman–Crippen LogP) is 1.61. The fourth-order valence-corrected chi connectivity index (χ4v) is 2.56. The van der Waals surface area contributed by atoms with Crippen LogP contribution in [0.3, 0.4) is 0 Å². The maximum Gasteiger partial charge on any atom is 0.149 e. The van der Waals surface area contributed by atoms with E-state index in [-0.39, 0.29) is 0 Å². The zero-order chi connectivity index (χ0) is 12.3. The fourth-order valence-electron chi connectivity index (χ4n) is 2.56. The molecular formula is C13H21N3O. The third-order valence-electron chi connectivity index (χ3n) is 3.45. The minimum Gasteiger partial charge on any atom is -0.298 e. The SMILES string of the molecule is CN(CC(=O)C1CCCC1)Cc1cnn(C)c1. The average Bonchev–Trinajstić information content (AvgIpc) is 2.89. The van der Waals surface area contributed by atoms with Gasteiger partial charge in [-0.25, -0.2) is 0 Å². The maximum absolute atomic E-state index is 12.0. The highest BCUT2D eigenvalue weighted by Gasteiger charge is 2.23. The molecule has 1 aliphatic rings. The zero-order valence-electron chi connectivity index (χ0n) is 10.7. The molecule has 0 aromatic carbocycles. The predicted molar refractivity (Wildman–Crippen MR) is 66.5 cm³/mol. The number of hydrogen-bond donors (Lipinski definition) is 0. The van der Waals surface area contributed by atoms with Crippen molar-refractivity contribution in [3.05, 3.63) is 18.0 Å². The van der Waals surface area contributed by atoms with Gasteiger partial charge in [0.25, 0.3) is 0 Å². The van der Waals surface area contributed by atoms with Crippen molar-refractivity contribution in [2.45, 2.75) is 32.2 Å². The van der Waals surface area contributed by atoms with E-state index in [1.165, 1.54) is 12.8 Å². The van der Waals surface area contributed by atoms with Crippen molar-refractivity contribution in [2.75, 3.05) is 13.6 Å². The number of hydrogen-bond acceptors (Lipinski definition) is 3. The van der Waals surface area contributed by atoms with Crippen LogP contribution in [0, 0.1) is 5.92 Å². The summed E-state index contributed by atoms with van der Waals surface area (Å²) in [7, 11) is 3.91. The summed E-state index contributed by atoms with van der Waals surface area (Å²) < 4.78 is 1.79. The van der Waals surface area contributed by atoms with Gasteiger partial charge in [0, 0.05) is 31.3 Å². The van der Waals surface area contributed by atoms with Crippen LogP contribution in [0.1, 0.15) is 31.2 Å². The summed E-state index contributed by atoms with van der Waals surface area (Å²) in [5, 5.41) is 4.13. The minimum absolute atomic E-state index is 0.325. The molecule has 0 spiro atoms. The summed E-state index contributed by atoms with van der Waals surface area (Å²) in [5.41, 5.74) is 1.16. The second-order valence-corrected chi connectivity index (χ2v) is 5.14. The second-order valence-electron chi connectivity index (χ2n) is 5.14. The molecule has 1 aromatic rings. The summed E-state index contributed by atoms with van der Waals surface area (Å²) in [4.78, 5) is 14.1. The lowest BCUT2D eigenvalue weighted by Crippen LogP contribution is -2.29. The van der Waals surface area contributed by atoms with E-state index < -0.39 is 0 Å². The molecule has 1 heterocycles. The molecule has 1 saturated carbocycles. The van der Waals surface area contributed by atoms with E-state index in [1.807, 2.05) is 26.5 Å². The third kappa shape index (κ3) is 3.40. The first-order chi connectivity index (χ1) is 8.15. The smallest absolute Gasteiger partial charge is 0.149 e. The van der Waals surface area contributed by atoms with Crippen molar-refractivity contribution in [1.82, 2.24) is 14.7 Å². The van der Waals surface area contributed by atoms with Gasteiger partial charge in [-0.3, -0.25) is 14.4 Å². The second kappa shape index (κ2) is 5.45. The monoisotopic (exact) mass is 235 g/mol. The number of aryl methyl sites for hydroxylation is 1. The summed E-state index contributed by atoms with van der Waals surface area (Å²) in [6.07, 6.45) is 8.50. The summed E-state index contributed by atoms with van der Waals surface area (Å²) in [6.45, 7) is 1.37. The highest BCUT2D eigenvalue weighted by atomic mass is 16.1. The molecule has 1 aromatic heterocycles. The number of carbonyl (C=O) groups is 1. The Morgan fingerprint density at radius 3 is 2.82 bits per heavy atom. The third-order valence-corrected chi connectivity index (χ3v) is 3.45. The van der Waals surface area contributed by atoms with E-state index >= 15 is 0 Å². The lowest BCUT2D eigenvalue weighted by Gasteiger charge is -2.17. The molecule has 0 unspecified atom stereocenters. The van der Waals surface area contributed by atoms with E-state index in [2.05, 4.69) is 10.00 Å². The number of rotatable bonds is 5. The number of carbonyl (C=O) groups excluding carboxylic acids is 1. The van der Waals surface area contributed by atoms with E-state index in [0.717, 1.165) is 24.9 Å². The van der Waals surface area contributed by atoms with Crippen LogP contribution in [0.2, 0.25) is 0 Å². The lowest BCUT2D eigenvalue weighted by molar-refractivity contribution is -0.123. The molecular weight excluding hydrogens is 214 g/mol. The molecule has 4 nitrogen and oxygen atoms in total. The molecule has 0 saturated heterocycles. The van der Waals surface area contributed by atoms with Gasteiger partial charge in [-0.1, -0.05) is 12.8 Å². The lowest BCUT2D eigenvalue weighted by atomic mass is 10.0. The van der Waals surface area contributed by atoms with Gasteiger partial charge < -0.3 is 0 Å². The van der Waals surface area contributed by atoms with Crippen molar-refractivity contribution in [2.24, 2.45) is 13.0 Å².